The highest BCUT2D eigenvalue weighted by atomic mass is 19.3. The molecule has 6 nitrogen and oxygen atoms in total. The van der Waals surface area contributed by atoms with Crippen molar-refractivity contribution in [3.63, 3.8) is 0 Å². The van der Waals surface area contributed by atoms with Crippen LogP contribution in [-0.4, -0.2) is 34.4 Å². The fraction of sp³-hybridized carbons (Fsp3) is 0.353. The number of carbonyl (C=O) groups excluding carboxylic acids is 1. The van der Waals surface area contributed by atoms with E-state index in [-0.39, 0.29) is 12.8 Å². The van der Waals surface area contributed by atoms with Gasteiger partial charge in [-0.3, -0.25) is 4.79 Å². The molecule has 8 heteroatoms. The van der Waals surface area contributed by atoms with Gasteiger partial charge in [0.1, 0.15) is 6.04 Å². The van der Waals surface area contributed by atoms with Crippen LogP contribution < -0.4 is 5.32 Å². The summed E-state index contributed by atoms with van der Waals surface area (Å²) in [4.78, 5) is 26.9. The van der Waals surface area contributed by atoms with Gasteiger partial charge in [-0.1, -0.05) is 30.3 Å². The van der Waals surface area contributed by atoms with E-state index in [4.69, 9.17) is 9.52 Å². The summed E-state index contributed by atoms with van der Waals surface area (Å²) in [5.74, 6) is -1.22. The first-order chi connectivity index (χ1) is 11.9. The van der Waals surface area contributed by atoms with Crippen molar-refractivity contribution >= 4 is 11.9 Å². The molecule has 0 spiro atoms. The molecule has 134 valence electrons. The first-order valence-corrected chi connectivity index (χ1v) is 7.69. The molecule has 1 amide bonds. The van der Waals surface area contributed by atoms with Crippen molar-refractivity contribution in [2.75, 3.05) is 0 Å². The fourth-order valence-corrected chi connectivity index (χ4v) is 2.30. The highest BCUT2D eigenvalue weighted by Gasteiger charge is 2.24. The van der Waals surface area contributed by atoms with Gasteiger partial charge in [0.15, 0.2) is 11.7 Å². The molecule has 1 aromatic carbocycles. The first kappa shape index (κ1) is 18.6. The van der Waals surface area contributed by atoms with E-state index in [9.17, 15) is 18.4 Å². The van der Waals surface area contributed by atoms with Crippen LogP contribution in [0.4, 0.5) is 8.78 Å². The summed E-state index contributed by atoms with van der Waals surface area (Å²) in [7, 11) is 0. The van der Waals surface area contributed by atoms with Crippen molar-refractivity contribution in [1.82, 2.24) is 10.3 Å². The van der Waals surface area contributed by atoms with Gasteiger partial charge in [-0.2, -0.15) is 0 Å². The lowest BCUT2D eigenvalue weighted by atomic mass is 10.1. The van der Waals surface area contributed by atoms with Crippen LogP contribution in [0.3, 0.4) is 0 Å². The van der Waals surface area contributed by atoms with Crippen LogP contribution in [0.25, 0.3) is 11.3 Å². The predicted octanol–water partition coefficient (Wildman–Crippen LogP) is 2.81. The molecule has 0 fully saturated rings. The molecule has 25 heavy (non-hydrogen) atoms. The van der Waals surface area contributed by atoms with Crippen molar-refractivity contribution < 1.29 is 27.9 Å². The number of nitrogens with zero attached hydrogens (tertiary/aromatic N) is 1. The van der Waals surface area contributed by atoms with E-state index in [0.717, 1.165) is 5.56 Å². The lowest BCUT2D eigenvalue weighted by Gasteiger charge is -2.13. The van der Waals surface area contributed by atoms with Gasteiger partial charge in [0.05, 0.1) is 5.69 Å². The van der Waals surface area contributed by atoms with Gasteiger partial charge in [-0.15, -0.1) is 0 Å². The predicted molar refractivity (Wildman–Crippen MR) is 85.2 cm³/mol. The molecule has 0 aliphatic carbocycles. The van der Waals surface area contributed by atoms with E-state index in [1.165, 1.54) is 0 Å². The summed E-state index contributed by atoms with van der Waals surface area (Å²) in [6, 6.07) is 7.72. The van der Waals surface area contributed by atoms with E-state index in [1.54, 1.807) is 6.92 Å². The monoisotopic (exact) mass is 352 g/mol. The van der Waals surface area contributed by atoms with Crippen molar-refractivity contribution in [3.8, 4) is 11.3 Å². The molecule has 0 saturated heterocycles. The third-order valence-corrected chi connectivity index (χ3v) is 3.49. The van der Waals surface area contributed by atoms with Crippen LogP contribution in [0.5, 0.6) is 0 Å². The second-order valence-corrected chi connectivity index (χ2v) is 5.47. The minimum absolute atomic E-state index is 0.110. The van der Waals surface area contributed by atoms with E-state index in [2.05, 4.69) is 10.3 Å². The molecule has 0 radical (unpaired) electrons. The Labute approximate surface area is 142 Å². The molecule has 2 rings (SSSR count). The second-order valence-electron chi connectivity index (χ2n) is 5.47. The number of aryl methyl sites for hydroxylation is 2. The van der Waals surface area contributed by atoms with Crippen molar-refractivity contribution in [3.05, 3.63) is 41.9 Å². The normalized spacial score (nSPS) is 12.2. The minimum atomic E-state index is -2.82. The van der Waals surface area contributed by atoms with E-state index < -0.39 is 30.8 Å². The summed E-state index contributed by atoms with van der Waals surface area (Å²) in [5.41, 5.74) is 1.52. The minimum Gasteiger partial charge on any atom is -0.480 e. The number of alkyl halides is 2. The van der Waals surface area contributed by atoms with Crippen LogP contribution in [0.1, 0.15) is 24.4 Å². The molecule has 0 aliphatic rings. The van der Waals surface area contributed by atoms with E-state index >= 15 is 0 Å². The Hall–Kier alpha value is -2.77. The number of amides is 1. The zero-order valence-electron chi connectivity index (χ0n) is 13.5. The van der Waals surface area contributed by atoms with Crippen LogP contribution in [0, 0.1) is 6.92 Å². The summed E-state index contributed by atoms with van der Waals surface area (Å²) < 4.78 is 30.3. The second kappa shape index (κ2) is 8.36. The number of halogens is 2. The van der Waals surface area contributed by atoms with Crippen LogP contribution in [0.15, 0.2) is 34.7 Å². The molecular weight excluding hydrogens is 334 g/mol. The molecule has 0 aliphatic heterocycles. The number of carboxylic acid groups (broad SMARTS) is 1. The number of carboxylic acids is 1. The standard InChI is InChI=1S/C17H18F2N2O4/c1-10-16(11-5-3-2-4-6-11)25-15(20-10)8-7-14(22)21-12(17(23)24)9-13(18)19/h2-6,12-13H,7-9H2,1H3,(H,21,22)(H,23,24). The van der Waals surface area contributed by atoms with Crippen LogP contribution >= 0.6 is 0 Å². The zero-order chi connectivity index (χ0) is 18.4. The van der Waals surface area contributed by atoms with E-state index in [0.29, 0.717) is 17.3 Å². The molecule has 1 unspecified atom stereocenters. The molecule has 1 heterocycles. The van der Waals surface area contributed by atoms with Crippen LogP contribution in [0.2, 0.25) is 0 Å². The Morgan fingerprint density at radius 1 is 1.28 bits per heavy atom. The number of benzene rings is 1. The molecule has 1 atom stereocenters. The number of hydrogen-bond donors (Lipinski definition) is 2. The van der Waals surface area contributed by atoms with E-state index in [1.807, 2.05) is 30.3 Å². The zero-order valence-corrected chi connectivity index (χ0v) is 13.5. The molecular formula is C17H18F2N2O4. The maximum atomic E-state index is 12.3. The Kier molecular flexibility index (Phi) is 6.21. The van der Waals surface area contributed by atoms with Gasteiger partial charge in [-0.25, -0.2) is 18.6 Å². The Morgan fingerprint density at radius 3 is 2.56 bits per heavy atom. The Morgan fingerprint density at radius 2 is 1.96 bits per heavy atom. The number of aliphatic carboxylic acids is 1. The Balaban J connectivity index is 1.95. The van der Waals surface area contributed by atoms with Gasteiger partial charge in [-0.05, 0) is 6.92 Å². The summed E-state index contributed by atoms with van der Waals surface area (Å²) in [6.07, 6.45) is -3.72. The Bertz CT molecular complexity index is 732. The lowest BCUT2D eigenvalue weighted by Crippen LogP contribution is -2.42. The quantitative estimate of drug-likeness (QED) is 0.762. The van der Waals surface area contributed by atoms with Crippen LogP contribution in [-0.2, 0) is 16.0 Å². The number of nitrogens with one attached hydrogen (secondary N) is 1. The molecule has 1 aromatic heterocycles. The number of hydrogen-bond acceptors (Lipinski definition) is 4. The summed E-state index contributed by atoms with van der Waals surface area (Å²) in [6.45, 7) is 1.78. The molecule has 2 N–H and O–H groups in total. The molecule has 0 saturated carbocycles. The van der Waals surface area contributed by atoms with Crippen molar-refractivity contribution in [2.24, 2.45) is 0 Å². The lowest BCUT2D eigenvalue weighted by molar-refractivity contribution is -0.143. The number of rotatable bonds is 8. The molecule has 0 bridgehead atoms. The average Bonchev–Trinajstić information content (AvgIpc) is 2.93. The largest absolute Gasteiger partial charge is 0.480 e. The van der Waals surface area contributed by atoms with Gasteiger partial charge in [0.25, 0.3) is 0 Å². The van der Waals surface area contributed by atoms with Gasteiger partial charge < -0.3 is 14.8 Å². The summed E-state index contributed by atoms with van der Waals surface area (Å²) >= 11 is 0. The number of aromatic nitrogens is 1. The van der Waals surface area contributed by atoms with Gasteiger partial charge in [0.2, 0.25) is 12.3 Å². The summed E-state index contributed by atoms with van der Waals surface area (Å²) in [5, 5.41) is 10.9. The van der Waals surface area contributed by atoms with Crippen molar-refractivity contribution in [2.45, 2.75) is 38.7 Å². The SMILES string of the molecule is Cc1nc(CCC(=O)NC(CC(F)F)C(=O)O)oc1-c1ccccc1. The first-order valence-electron chi connectivity index (χ1n) is 7.69. The average molecular weight is 352 g/mol. The fourth-order valence-electron chi connectivity index (χ4n) is 2.30. The van der Waals surface area contributed by atoms with Crippen molar-refractivity contribution in [1.29, 1.82) is 0 Å². The highest BCUT2D eigenvalue weighted by molar-refractivity contribution is 5.83. The third-order valence-electron chi connectivity index (χ3n) is 3.49. The smallest absolute Gasteiger partial charge is 0.326 e. The maximum absolute atomic E-state index is 12.3. The maximum Gasteiger partial charge on any atom is 0.326 e. The van der Waals surface area contributed by atoms with Gasteiger partial charge >= 0.3 is 5.97 Å². The topological polar surface area (TPSA) is 92.4 Å². The third kappa shape index (κ3) is 5.37. The highest BCUT2D eigenvalue weighted by Crippen LogP contribution is 2.24. The number of carbonyl (C=O) groups is 2. The number of oxazole rings is 1. The molecule has 2 aromatic rings. The van der Waals surface area contributed by atoms with Gasteiger partial charge in [0, 0.05) is 24.8 Å².